The summed E-state index contributed by atoms with van der Waals surface area (Å²) in [5.74, 6) is 1.06. The molecule has 0 aliphatic rings. The average Bonchev–Trinajstić information content (AvgIpc) is 2.68. The van der Waals surface area contributed by atoms with Crippen LogP contribution in [0.3, 0.4) is 0 Å². The third-order valence-electron chi connectivity index (χ3n) is 3.76. The van der Waals surface area contributed by atoms with Crippen LogP contribution < -0.4 is 15.4 Å². The number of carbonyl (C=O) groups is 1. The van der Waals surface area contributed by atoms with Gasteiger partial charge in [-0.2, -0.15) is 0 Å². The molecule has 144 valence electrons. The molecule has 0 unspecified atom stereocenters. The molecule has 7 heteroatoms. The molecule has 0 spiro atoms. The molecule has 28 heavy (non-hydrogen) atoms. The second-order valence-electron chi connectivity index (χ2n) is 6.48. The van der Waals surface area contributed by atoms with E-state index in [0.717, 1.165) is 17.0 Å². The normalized spacial score (nSPS) is 10.6. The first-order valence-corrected chi connectivity index (χ1v) is 9.24. The van der Waals surface area contributed by atoms with E-state index in [4.69, 9.17) is 16.3 Å². The molecule has 0 atom stereocenters. The van der Waals surface area contributed by atoms with Gasteiger partial charge in [-0.25, -0.2) is 9.97 Å². The summed E-state index contributed by atoms with van der Waals surface area (Å²) in [4.78, 5) is 20.2. The van der Waals surface area contributed by atoms with E-state index in [9.17, 15) is 4.79 Å². The van der Waals surface area contributed by atoms with Crippen molar-refractivity contribution in [3.63, 3.8) is 0 Å². The van der Waals surface area contributed by atoms with Crippen molar-refractivity contribution in [2.75, 3.05) is 5.32 Å². The quantitative estimate of drug-likeness (QED) is 0.610. The SMILES string of the molecule is CC(C)NC(=O)c1cc(Nc2ccc(OCc3ccc(Cl)cc3)cc2)ncn1. The van der Waals surface area contributed by atoms with Gasteiger partial charge < -0.3 is 15.4 Å². The fourth-order valence-electron chi connectivity index (χ4n) is 2.42. The van der Waals surface area contributed by atoms with Gasteiger partial charge in [0.15, 0.2) is 0 Å². The summed E-state index contributed by atoms with van der Waals surface area (Å²) in [5, 5.41) is 6.67. The lowest BCUT2D eigenvalue weighted by molar-refractivity contribution is 0.0938. The number of carbonyl (C=O) groups excluding carboxylic acids is 1. The Labute approximate surface area is 168 Å². The van der Waals surface area contributed by atoms with E-state index in [2.05, 4.69) is 20.6 Å². The third kappa shape index (κ3) is 5.69. The van der Waals surface area contributed by atoms with Crippen molar-refractivity contribution in [3.8, 4) is 5.75 Å². The van der Waals surface area contributed by atoms with Crippen molar-refractivity contribution in [3.05, 3.63) is 77.2 Å². The number of amides is 1. The summed E-state index contributed by atoms with van der Waals surface area (Å²) in [6, 6.07) is 16.7. The molecule has 0 fully saturated rings. The molecule has 1 amide bonds. The topological polar surface area (TPSA) is 76.1 Å². The van der Waals surface area contributed by atoms with Gasteiger partial charge in [-0.3, -0.25) is 4.79 Å². The van der Waals surface area contributed by atoms with Gasteiger partial charge in [0.2, 0.25) is 0 Å². The average molecular weight is 397 g/mol. The molecule has 3 aromatic rings. The lowest BCUT2D eigenvalue weighted by Gasteiger charge is -2.10. The van der Waals surface area contributed by atoms with Crippen LogP contribution >= 0.6 is 11.6 Å². The predicted octanol–water partition coefficient (Wildman–Crippen LogP) is 4.59. The number of hydrogen-bond donors (Lipinski definition) is 2. The van der Waals surface area contributed by atoms with Gasteiger partial charge in [0.1, 0.15) is 30.2 Å². The number of benzene rings is 2. The summed E-state index contributed by atoms with van der Waals surface area (Å²) in [7, 11) is 0. The molecule has 6 nitrogen and oxygen atoms in total. The molecule has 0 saturated carbocycles. The Bertz CT molecular complexity index is 928. The Kier molecular flexibility index (Phi) is 6.45. The van der Waals surface area contributed by atoms with Crippen molar-refractivity contribution in [2.24, 2.45) is 0 Å². The summed E-state index contributed by atoms with van der Waals surface area (Å²) in [6.07, 6.45) is 1.36. The minimum atomic E-state index is -0.230. The van der Waals surface area contributed by atoms with E-state index in [1.807, 2.05) is 62.4 Å². The monoisotopic (exact) mass is 396 g/mol. The Morgan fingerprint density at radius 1 is 1.07 bits per heavy atom. The summed E-state index contributed by atoms with van der Waals surface area (Å²) >= 11 is 5.88. The van der Waals surface area contributed by atoms with Crippen LogP contribution in [0.2, 0.25) is 5.02 Å². The summed E-state index contributed by atoms with van der Waals surface area (Å²) in [6.45, 7) is 4.26. The third-order valence-corrected chi connectivity index (χ3v) is 4.02. The van der Waals surface area contributed by atoms with Crippen LogP contribution in [-0.2, 0) is 6.61 Å². The van der Waals surface area contributed by atoms with Crippen molar-refractivity contribution < 1.29 is 9.53 Å². The lowest BCUT2D eigenvalue weighted by atomic mass is 10.2. The Balaban J connectivity index is 1.59. The fraction of sp³-hybridized carbons (Fsp3) is 0.190. The van der Waals surface area contributed by atoms with E-state index < -0.39 is 0 Å². The molecule has 3 rings (SSSR count). The standard InChI is InChI=1S/C21H21ClN4O2/c1-14(2)25-21(27)19-11-20(24-13-23-19)26-17-7-9-18(10-8-17)28-12-15-3-5-16(22)6-4-15/h3-11,13-14H,12H2,1-2H3,(H,25,27)(H,23,24,26). The maximum Gasteiger partial charge on any atom is 0.270 e. The molecule has 0 saturated heterocycles. The van der Waals surface area contributed by atoms with E-state index in [1.54, 1.807) is 6.07 Å². The molecule has 2 aromatic carbocycles. The van der Waals surface area contributed by atoms with Gasteiger partial charge in [-0.1, -0.05) is 23.7 Å². The number of aromatic nitrogens is 2. The van der Waals surface area contributed by atoms with Crippen LogP contribution in [0.15, 0.2) is 60.9 Å². The highest BCUT2D eigenvalue weighted by molar-refractivity contribution is 6.30. The second-order valence-corrected chi connectivity index (χ2v) is 6.92. The van der Waals surface area contributed by atoms with Crippen LogP contribution in [0, 0.1) is 0 Å². The summed E-state index contributed by atoms with van der Waals surface area (Å²) in [5.41, 5.74) is 2.18. The smallest absolute Gasteiger partial charge is 0.270 e. The van der Waals surface area contributed by atoms with Crippen LogP contribution in [-0.4, -0.2) is 21.9 Å². The Morgan fingerprint density at radius 3 is 2.46 bits per heavy atom. The molecular formula is C21H21ClN4O2. The highest BCUT2D eigenvalue weighted by Gasteiger charge is 2.10. The van der Waals surface area contributed by atoms with Gasteiger partial charge >= 0.3 is 0 Å². The minimum Gasteiger partial charge on any atom is -0.489 e. The van der Waals surface area contributed by atoms with Gasteiger partial charge in [0, 0.05) is 22.8 Å². The van der Waals surface area contributed by atoms with Gasteiger partial charge in [-0.15, -0.1) is 0 Å². The maximum atomic E-state index is 12.1. The van der Waals surface area contributed by atoms with Crippen LogP contribution in [0.5, 0.6) is 5.75 Å². The minimum absolute atomic E-state index is 0.0410. The van der Waals surface area contributed by atoms with Crippen molar-refractivity contribution >= 4 is 29.0 Å². The summed E-state index contributed by atoms with van der Waals surface area (Å²) < 4.78 is 5.78. The first-order valence-electron chi connectivity index (χ1n) is 8.87. The first kappa shape index (κ1) is 19.6. The number of ether oxygens (including phenoxy) is 1. The Morgan fingerprint density at radius 2 is 1.79 bits per heavy atom. The number of rotatable bonds is 7. The number of anilines is 2. The number of nitrogens with one attached hydrogen (secondary N) is 2. The molecule has 1 aromatic heterocycles. The first-order chi connectivity index (χ1) is 13.5. The lowest BCUT2D eigenvalue weighted by Crippen LogP contribution is -2.30. The van der Waals surface area contributed by atoms with E-state index >= 15 is 0 Å². The van der Waals surface area contributed by atoms with Crippen LogP contribution in [0.1, 0.15) is 29.9 Å². The number of hydrogen-bond acceptors (Lipinski definition) is 5. The highest BCUT2D eigenvalue weighted by Crippen LogP contribution is 2.20. The van der Waals surface area contributed by atoms with Crippen LogP contribution in [0.4, 0.5) is 11.5 Å². The zero-order chi connectivity index (χ0) is 19.9. The van der Waals surface area contributed by atoms with Crippen LogP contribution in [0.25, 0.3) is 0 Å². The number of nitrogens with zero attached hydrogens (tertiary/aromatic N) is 2. The van der Waals surface area contributed by atoms with Crippen molar-refractivity contribution in [1.29, 1.82) is 0 Å². The molecule has 0 aliphatic heterocycles. The number of halogens is 1. The Hall–Kier alpha value is -3.12. The second kappa shape index (κ2) is 9.19. The van der Waals surface area contributed by atoms with E-state index in [0.29, 0.717) is 23.1 Å². The molecule has 0 aliphatic carbocycles. The predicted molar refractivity (Wildman–Crippen MR) is 110 cm³/mol. The maximum absolute atomic E-state index is 12.1. The fourth-order valence-corrected chi connectivity index (χ4v) is 2.54. The van der Waals surface area contributed by atoms with Gasteiger partial charge in [0.05, 0.1) is 0 Å². The van der Waals surface area contributed by atoms with E-state index in [-0.39, 0.29) is 11.9 Å². The molecule has 1 heterocycles. The molecule has 2 N–H and O–H groups in total. The van der Waals surface area contributed by atoms with E-state index in [1.165, 1.54) is 6.33 Å². The van der Waals surface area contributed by atoms with Gasteiger partial charge in [0.25, 0.3) is 5.91 Å². The molecular weight excluding hydrogens is 376 g/mol. The molecule has 0 radical (unpaired) electrons. The highest BCUT2D eigenvalue weighted by atomic mass is 35.5. The largest absolute Gasteiger partial charge is 0.489 e. The molecule has 0 bridgehead atoms. The van der Waals surface area contributed by atoms with Crippen molar-refractivity contribution in [2.45, 2.75) is 26.5 Å². The van der Waals surface area contributed by atoms with Crippen molar-refractivity contribution in [1.82, 2.24) is 15.3 Å². The van der Waals surface area contributed by atoms with Gasteiger partial charge in [-0.05, 0) is 55.8 Å². The zero-order valence-electron chi connectivity index (χ0n) is 15.6. The zero-order valence-corrected chi connectivity index (χ0v) is 16.4.